The third-order valence-electron chi connectivity index (χ3n) is 3.00. The van der Waals surface area contributed by atoms with Crippen molar-refractivity contribution in [3.05, 3.63) is 46.7 Å². The molecule has 1 aromatic carbocycles. The number of nitrogens with zero attached hydrogens (tertiary/aromatic N) is 1. The first-order valence-electron chi connectivity index (χ1n) is 6.41. The van der Waals surface area contributed by atoms with Crippen LogP contribution in [0.4, 0.5) is 11.4 Å². The summed E-state index contributed by atoms with van der Waals surface area (Å²) in [5.74, 6) is 0. The number of hydrogen-bond donors (Lipinski definition) is 1. The van der Waals surface area contributed by atoms with Gasteiger partial charge in [0.2, 0.25) is 0 Å². The molecule has 0 fully saturated rings. The molecule has 0 unspecified atom stereocenters. The highest BCUT2D eigenvalue weighted by Crippen LogP contribution is 2.17. The lowest BCUT2D eigenvalue weighted by Gasteiger charge is -2.24. The van der Waals surface area contributed by atoms with E-state index in [2.05, 4.69) is 40.8 Å². The Bertz CT molecular complexity index is 448. The van der Waals surface area contributed by atoms with E-state index >= 15 is 0 Å². The molecular weight excluding hydrogens is 240 g/mol. The zero-order valence-corrected chi connectivity index (χ0v) is 11.6. The fourth-order valence-corrected chi connectivity index (χ4v) is 2.73. The Morgan fingerprint density at radius 3 is 2.50 bits per heavy atom. The second-order valence-electron chi connectivity index (χ2n) is 4.46. The van der Waals surface area contributed by atoms with Crippen molar-refractivity contribution in [1.82, 2.24) is 0 Å². The molecule has 0 amide bonds. The molecule has 18 heavy (non-hydrogen) atoms. The Labute approximate surface area is 113 Å². The monoisotopic (exact) mass is 260 g/mol. The number of anilines is 2. The van der Waals surface area contributed by atoms with Crippen LogP contribution in [0.15, 0.2) is 41.1 Å². The Kier molecular flexibility index (Phi) is 4.65. The molecule has 2 rings (SSSR count). The Hall–Kier alpha value is -1.48. The van der Waals surface area contributed by atoms with Crippen LogP contribution in [0.25, 0.3) is 0 Å². The van der Waals surface area contributed by atoms with E-state index in [1.807, 2.05) is 12.1 Å². The fourth-order valence-electron chi connectivity index (χ4n) is 2.02. The van der Waals surface area contributed by atoms with Gasteiger partial charge in [0.25, 0.3) is 0 Å². The number of nitrogens with two attached hydrogens (primary N) is 1. The lowest BCUT2D eigenvalue weighted by Crippen LogP contribution is -2.26. The van der Waals surface area contributed by atoms with E-state index in [9.17, 15) is 0 Å². The normalized spacial score (nSPS) is 10.5. The predicted molar refractivity (Wildman–Crippen MR) is 81.4 cm³/mol. The minimum Gasteiger partial charge on any atom is -0.399 e. The smallest absolute Gasteiger partial charge is 0.0367 e. The van der Waals surface area contributed by atoms with E-state index < -0.39 is 0 Å². The molecule has 96 valence electrons. The van der Waals surface area contributed by atoms with Gasteiger partial charge in [0, 0.05) is 24.5 Å². The fraction of sp³-hybridized carbons (Fsp3) is 0.333. The zero-order chi connectivity index (χ0) is 12.8. The number of rotatable bonds is 6. The summed E-state index contributed by atoms with van der Waals surface area (Å²) in [7, 11) is 0. The first-order valence-corrected chi connectivity index (χ1v) is 7.35. The maximum atomic E-state index is 5.73. The Morgan fingerprint density at radius 1 is 1.11 bits per heavy atom. The van der Waals surface area contributed by atoms with Gasteiger partial charge in [0.1, 0.15) is 0 Å². The Balaban J connectivity index is 2.01. The van der Waals surface area contributed by atoms with Crippen molar-refractivity contribution in [3.63, 3.8) is 0 Å². The first kappa shape index (κ1) is 13.0. The van der Waals surface area contributed by atoms with E-state index in [1.165, 1.54) is 11.3 Å². The largest absolute Gasteiger partial charge is 0.399 e. The van der Waals surface area contributed by atoms with Gasteiger partial charge < -0.3 is 10.6 Å². The van der Waals surface area contributed by atoms with Gasteiger partial charge in [0.05, 0.1) is 0 Å². The van der Waals surface area contributed by atoms with Crippen molar-refractivity contribution < 1.29 is 0 Å². The molecular formula is C15H20N2S. The number of hydrogen-bond acceptors (Lipinski definition) is 3. The highest BCUT2D eigenvalue weighted by atomic mass is 32.1. The zero-order valence-electron chi connectivity index (χ0n) is 10.8. The second kappa shape index (κ2) is 6.45. The molecule has 0 radical (unpaired) electrons. The summed E-state index contributed by atoms with van der Waals surface area (Å²) >= 11 is 1.77. The Morgan fingerprint density at radius 2 is 1.89 bits per heavy atom. The van der Waals surface area contributed by atoms with Crippen LogP contribution in [-0.2, 0) is 6.42 Å². The van der Waals surface area contributed by atoms with Crippen LogP contribution in [-0.4, -0.2) is 13.1 Å². The molecule has 2 N–H and O–H groups in total. The lowest BCUT2D eigenvalue weighted by atomic mass is 10.2. The number of thiophene rings is 1. The summed E-state index contributed by atoms with van der Waals surface area (Å²) in [5.41, 5.74) is 9.25. The average Bonchev–Trinajstić information content (AvgIpc) is 2.89. The van der Waals surface area contributed by atoms with E-state index in [4.69, 9.17) is 5.73 Å². The average molecular weight is 260 g/mol. The first-order chi connectivity index (χ1) is 8.79. The quantitative estimate of drug-likeness (QED) is 0.801. The second-order valence-corrected chi connectivity index (χ2v) is 5.24. The third kappa shape index (κ3) is 3.50. The van der Waals surface area contributed by atoms with Crippen molar-refractivity contribution in [2.45, 2.75) is 19.8 Å². The standard InChI is InChI=1S/C15H20N2S/c1-2-9-17(10-7-13-8-11-18-12-13)15-5-3-14(16)4-6-15/h3-6,8,11-12H,2,7,9-10,16H2,1H3. The van der Waals surface area contributed by atoms with Crippen molar-refractivity contribution in [2.24, 2.45) is 0 Å². The molecule has 3 heteroatoms. The summed E-state index contributed by atoms with van der Waals surface area (Å²) in [5, 5.41) is 4.37. The number of nitrogen functional groups attached to an aromatic ring is 1. The van der Waals surface area contributed by atoms with Gasteiger partial charge in [-0.15, -0.1) is 0 Å². The molecule has 0 saturated carbocycles. The van der Waals surface area contributed by atoms with E-state index in [1.54, 1.807) is 11.3 Å². The van der Waals surface area contributed by atoms with E-state index in [-0.39, 0.29) is 0 Å². The molecule has 2 nitrogen and oxygen atoms in total. The van der Waals surface area contributed by atoms with Gasteiger partial charge in [-0.25, -0.2) is 0 Å². The molecule has 1 heterocycles. The molecule has 0 aliphatic rings. The minimum atomic E-state index is 0.827. The minimum absolute atomic E-state index is 0.827. The maximum Gasteiger partial charge on any atom is 0.0367 e. The third-order valence-corrected chi connectivity index (χ3v) is 3.73. The molecule has 0 saturated heterocycles. The summed E-state index contributed by atoms with van der Waals surface area (Å²) < 4.78 is 0. The molecule has 2 aromatic rings. The van der Waals surface area contributed by atoms with E-state index in [0.717, 1.165) is 31.6 Å². The number of benzene rings is 1. The van der Waals surface area contributed by atoms with Crippen LogP contribution in [0.5, 0.6) is 0 Å². The van der Waals surface area contributed by atoms with Crippen molar-refractivity contribution in [1.29, 1.82) is 0 Å². The van der Waals surface area contributed by atoms with Crippen LogP contribution in [0.1, 0.15) is 18.9 Å². The SMILES string of the molecule is CCCN(CCc1ccsc1)c1ccc(N)cc1. The van der Waals surface area contributed by atoms with Crippen LogP contribution in [0.2, 0.25) is 0 Å². The molecule has 0 atom stereocenters. The van der Waals surface area contributed by atoms with Crippen LogP contribution >= 0.6 is 11.3 Å². The van der Waals surface area contributed by atoms with Gasteiger partial charge in [0.15, 0.2) is 0 Å². The summed E-state index contributed by atoms with van der Waals surface area (Å²) in [6, 6.07) is 10.4. The highest BCUT2D eigenvalue weighted by molar-refractivity contribution is 7.07. The van der Waals surface area contributed by atoms with Crippen molar-refractivity contribution in [3.8, 4) is 0 Å². The molecule has 0 bridgehead atoms. The van der Waals surface area contributed by atoms with Crippen LogP contribution < -0.4 is 10.6 Å². The van der Waals surface area contributed by atoms with Gasteiger partial charge in [-0.05, 0) is 59.5 Å². The molecule has 0 spiro atoms. The van der Waals surface area contributed by atoms with Gasteiger partial charge in [-0.1, -0.05) is 6.92 Å². The highest BCUT2D eigenvalue weighted by Gasteiger charge is 2.05. The van der Waals surface area contributed by atoms with Crippen LogP contribution in [0.3, 0.4) is 0 Å². The lowest BCUT2D eigenvalue weighted by molar-refractivity contribution is 0.757. The topological polar surface area (TPSA) is 29.3 Å². The van der Waals surface area contributed by atoms with Crippen LogP contribution in [0, 0.1) is 0 Å². The summed E-state index contributed by atoms with van der Waals surface area (Å²) in [6.07, 6.45) is 2.27. The summed E-state index contributed by atoms with van der Waals surface area (Å²) in [4.78, 5) is 2.43. The molecule has 0 aliphatic carbocycles. The van der Waals surface area contributed by atoms with Gasteiger partial charge >= 0.3 is 0 Å². The van der Waals surface area contributed by atoms with Crippen molar-refractivity contribution >= 4 is 22.7 Å². The van der Waals surface area contributed by atoms with Gasteiger partial charge in [-0.3, -0.25) is 0 Å². The predicted octanol–water partition coefficient (Wildman–Crippen LogP) is 3.79. The maximum absolute atomic E-state index is 5.73. The molecule has 0 aliphatic heterocycles. The van der Waals surface area contributed by atoms with Gasteiger partial charge in [-0.2, -0.15) is 11.3 Å². The van der Waals surface area contributed by atoms with Crippen molar-refractivity contribution in [2.75, 3.05) is 23.7 Å². The van der Waals surface area contributed by atoms with E-state index in [0.29, 0.717) is 0 Å². The summed E-state index contributed by atoms with van der Waals surface area (Å²) in [6.45, 7) is 4.37. The molecule has 1 aromatic heterocycles.